The van der Waals surface area contributed by atoms with Crippen LogP contribution in [0.2, 0.25) is 0 Å². The Morgan fingerprint density at radius 1 is 1.35 bits per heavy atom. The standard InChI is InChI=1S/C15H16Br2N2O/c1-4-12-15(17)13(19(3)18-12)8-14(20)10-6-5-9(2)11(16)7-10/h5-7H,4,8H2,1-3H3. The van der Waals surface area contributed by atoms with Gasteiger partial charge >= 0.3 is 0 Å². The van der Waals surface area contributed by atoms with Crippen LogP contribution in [0.1, 0.15) is 34.2 Å². The van der Waals surface area contributed by atoms with Crippen LogP contribution in [-0.2, 0) is 19.9 Å². The monoisotopic (exact) mass is 398 g/mol. The van der Waals surface area contributed by atoms with Crippen molar-refractivity contribution in [3.05, 3.63) is 49.7 Å². The third-order valence-electron chi connectivity index (χ3n) is 3.32. The van der Waals surface area contributed by atoms with Crippen LogP contribution in [0, 0.1) is 6.92 Å². The average molecular weight is 400 g/mol. The molecule has 0 radical (unpaired) electrons. The van der Waals surface area contributed by atoms with Crippen LogP contribution in [0.4, 0.5) is 0 Å². The fraction of sp³-hybridized carbons (Fsp3) is 0.333. The number of hydrogen-bond donors (Lipinski definition) is 0. The van der Waals surface area contributed by atoms with Gasteiger partial charge in [0.25, 0.3) is 0 Å². The van der Waals surface area contributed by atoms with Crippen molar-refractivity contribution in [1.82, 2.24) is 9.78 Å². The molecule has 0 aliphatic rings. The summed E-state index contributed by atoms with van der Waals surface area (Å²) in [6.45, 7) is 4.05. The second-order valence-corrected chi connectivity index (χ2v) is 6.40. The molecule has 106 valence electrons. The highest BCUT2D eigenvalue weighted by Crippen LogP contribution is 2.24. The second kappa shape index (κ2) is 6.22. The van der Waals surface area contributed by atoms with Crippen LogP contribution >= 0.6 is 31.9 Å². The Balaban J connectivity index is 2.28. The number of carbonyl (C=O) groups is 1. The average Bonchev–Trinajstić information content (AvgIpc) is 2.69. The summed E-state index contributed by atoms with van der Waals surface area (Å²) < 4.78 is 3.69. The molecule has 0 bridgehead atoms. The maximum Gasteiger partial charge on any atom is 0.168 e. The maximum absolute atomic E-state index is 12.4. The predicted octanol–water partition coefficient (Wildman–Crippen LogP) is 4.24. The highest BCUT2D eigenvalue weighted by atomic mass is 79.9. The zero-order valence-corrected chi connectivity index (χ0v) is 14.9. The molecule has 1 aromatic heterocycles. The Bertz CT molecular complexity index is 662. The number of rotatable bonds is 4. The number of halogens is 2. The Morgan fingerprint density at radius 3 is 2.60 bits per heavy atom. The van der Waals surface area contributed by atoms with Gasteiger partial charge in [-0.15, -0.1) is 0 Å². The normalized spacial score (nSPS) is 10.8. The molecule has 0 unspecified atom stereocenters. The van der Waals surface area contributed by atoms with Gasteiger partial charge in [0.1, 0.15) is 0 Å². The summed E-state index contributed by atoms with van der Waals surface area (Å²) in [6.07, 6.45) is 1.19. The summed E-state index contributed by atoms with van der Waals surface area (Å²) in [5.41, 5.74) is 3.74. The van der Waals surface area contributed by atoms with E-state index in [1.54, 1.807) is 4.68 Å². The summed E-state index contributed by atoms with van der Waals surface area (Å²) in [4.78, 5) is 12.4. The number of benzene rings is 1. The lowest BCUT2D eigenvalue weighted by atomic mass is 10.0. The molecule has 0 aliphatic heterocycles. The molecule has 0 saturated heterocycles. The van der Waals surface area contributed by atoms with Crippen molar-refractivity contribution in [2.45, 2.75) is 26.7 Å². The molecule has 0 fully saturated rings. The van der Waals surface area contributed by atoms with Crippen LogP contribution in [0.5, 0.6) is 0 Å². The van der Waals surface area contributed by atoms with Crippen molar-refractivity contribution in [3.63, 3.8) is 0 Å². The van der Waals surface area contributed by atoms with Crippen LogP contribution in [0.15, 0.2) is 27.1 Å². The first-order valence-corrected chi connectivity index (χ1v) is 8.02. The molecule has 0 saturated carbocycles. The topological polar surface area (TPSA) is 34.9 Å². The number of ketones is 1. The lowest BCUT2D eigenvalue weighted by Gasteiger charge is -2.05. The minimum Gasteiger partial charge on any atom is -0.294 e. The van der Waals surface area contributed by atoms with E-state index >= 15 is 0 Å². The quantitative estimate of drug-likeness (QED) is 0.720. The second-order valence-electron chi connectivity index (χ2n) is 4.75. The molecular weight excluding hydrogens is 384 g/mol. The third-order valence-corrected chi connectivity index (χ3v) is 5.09. The van der Waals surface area contributed by atoms with E-state index in [2.05, 4.69) is 43.9 Å². The van der Waals surface area contributed by atoms with Gasteiger partial charge in [0.15, 0.2) is 5.78 Å². The van der Waals surface area contributed by atoms with Gasteiger partial charge in [-0.25, -0.2) is 0 Å². The van der Waals surface area contributed by atoms with Gasteiger partial charge in [-0.05, 0) is 40.9 Å². The molecule has 1 aromatic carbocycles. The molecule has 0 aliphatic carbocycles. The van der Waals surface area contributed by atoms with E-state index in [9.17, 15) is 4.79 Å². The predicted molar refractivity (Wildman–Crippen MR) is 87.2 cm³/mol. The van der Waals surface area contributed by atoms with E-state index in [-0.39, 0.29) is 5.78 Å². The van der Waals surface area contributed by atoms with Crippen LogP contribution in [0.25, 0.3) is 0 Å². The van der Waals surface area contributed by atoms with Crippen molar-refractivity contribution < 1.29 is 4.79 Å². The van der Waals surface area contributed by atoms with Gasteiger partial charge in [0.05, 0.1) is 22.3 Å². The van der Waals surface area contributed by atoms with E-state index < -0.39 is 0 Å². The zero-order valence-electron chi connectivity index (χ0n) is 11.7. The lowest BCUT2D eigenvalue weighted by molar-refractivity contribution is 0.0990. The number of carbonyl (C=O) groups excluding carboxylic acids is 1. The number of hydrogen-bond acceptors (Lipinski definition) is 2. The fourth-order valence-electron chi connectivity index (χ4n) is 2.03. The summed E-state index contributed by atoms with van der Waals surface area (Å²) in [5, 5.41) is 4.42. The minimum atomic E-state index is 0.0945. The minimum absolute atomic E-state index is 0.0945. The van der Waals surface area contributed by atoms with Crippen molar-refractivity contribution in [2.24, 2.45) is 7.05 Å². The fourth-order valence-corrected chi connectivity index (χ4v) is 3.17. The summed E-state index contributed by atoms with van der Waals surface area (Å²) in [7, 11) is 1.87. The Hall–Kier alpha value is -0.940. The van der Waals surface area contributed by atoms with Gasteiger partial charge in [0, 0.05) is 17.1 Å². The largest absolute Gasteiger partial charge is 0.294 e. The molecule has 0 N–H and O–H groups in total. The van der Waals surface area contributed by atoms with Crippen molar-refractivity contribution in [1.29, 1.82) is 0 Å². The first-order valence-electron chi connectivity index (χ1n) is 6.43. The maximum atomic E-state index is 12.4. The molecule has 0 amide bonds. The zero-order chi connectivity index (χ0) is 14.9. The highest BCUT2D eigenvalue weighted by molar-refractivity contribution is 9.10. The number of Topliss-reactive ketones (excluding diaryl/α,β-unsaturated/α-hetero) is 1. The summed E-state index contributed by atoms with van der Waals surface area (Å²) in [6, 6.07) is 5.70. The Labute approximate surface area is 135 Å². The third kappa shape index (κ3) is 3.04. The molecule has 2 rings (SSSR count). The Kier molecular flexibility index (Phi) is 4.81. The van der Waals surface area contributed by atoms with Crippen molar-refractivity contribution >= 4 is 37.6 Å². The van der Waals surface area contributed by atoms with Crippen LogP contribution in [-0.4, -0.2) is 15.6 Å². The number of aromatic nitrogens is 2. The SMILES string of the molecule is CCc1nn(C)c(CC(=O)c2ccc(C)c(Br)c2)c1Br. The Morgan fingerprint density at radius 2 is 2.05 bits per heavy atom. The van der Waals surface area contributed by atoms with Gasteiger partial charge in [-0.1, -0.05) is 35.0 Å². The van der Waals surface area contributed by atoms with Gasteiger partial charge < -0.3 is 0 Å². The summed E-state index contributed by atoms with van der Waals surface area (Å²) in [5.74, 6) is 0.0945. The number of aryl methyl sites for hydroxylation is 3. The molecular formula is C15H16Br2N2O. The van der Waals surface area contributed by atoms with E-state index in [1.807, 2.05) is 32.2 Å². The van der Waals surface area contributed by atoms with E-state index in [0.717, 1.165) is 32.3 Å². The van der Waals surface area contributed by atoms with Crippen LogP contribution in [0.3, 0.4) is 0 Å². The molecule has 0 atom stereocenters. The van der Waals surface area contributed by atoms with Gasteiger partial charge in [-0.3, -0.25) is 9.48 Å². The van der Waals surface area contributed by atoms with Gasteiger partial charge in [0.2, 0.25) is 0 Å². The first-order chi connectivity index (χ1) is 9.43. The molecule has 5 heteroatoms. The summed E-state index contributed by atoms with van der Waals surface area (Å²) >= 11 is 7.01. The number of nitrogens with zero attached hydrogens (tertiary/aromatic N) is 2. The molecule has 20 heavy (non-hydrogen) atoms. The van der Waals surface area contributed by atoms with Crippen molar-refractivity contribution in [3.8, 4) is 0 Å². The molecule has 0 spiro atoms. The lowest BCUT2D eigenvalue weighted by Crippen LogP contribution is -2.08. The molecule has 1 heterocycles. The first kappa shape index (κ1) is 15.4. The molecule has 3 nitrogen and oxygen atoms in total. The smallest absolute Gasteiger partial charge is 0.168 e. The van der Waals surface area contributed by atoms with Gasteiger partial charge in [-0.2, -0.15) is 5.10 Å². The van der Waals surface area contributed by atoms with Crippen molar-refractivity contribution in [2.75, 3.05) is 0 Å². The van der Waals surface area contributed by atoms with E-state index in [1.165, 1.54) is 0 Å². The van der Waals surface area contributed by atoms with E-state index in [0.29, 0.717) is 12.0 Å². The van der Waals surface area contributed by atoms with Crippen LogP contribution < -0.4 is 0 Å². The highest BCUT2D eigenvalue weighted by Gasteiger charge is 2.17. The molecule has 2 aromatic rings. The van der Waals surface area contributed by atoms with E-state index in [4.69, 9.17) is 0 Å².